The quantitative estimate of drug-likeness (QED) is 0.364. The number of aromatic hydroxyl groups is 1. The molecule has 5 heteroatoms. The summed E-state index contributed by atoms with van der Waals surface area (Å²) in [6.07, 6.45) is 2.83. The van der Waals surface area contributed by atoms with Crippen LogP contribution in [0.5, 0.6) is 5.75 Å². The second-order valence-corrected chi connectivity index (χ2v) is 3.78. The summed E-state index contributed by atoms with van der Waals surface area (Å²) in [5, 5.41) is 13.7. The lowest BCUT2D eigenvalue weighted by Crippen LogP contribution is -2.16. The first kappa shape index (κ1) is 14.0. The molecule has 18 heavy (non-hydrogen) atoms. The minimum absolute atomic E-state index is 0.0616. The predicted octanol–water partition coefficient (Wildman–Crippen LogP) is 2.36. The van der Waals surface area contributed by atoms with E-state index in [1.54, 1.807) is 13.0 Å². The van der Waals surface area contributed by atoms with E-state index < -0.39 is 5.63 Å². The predicted molar refractivity (Wildman–Crippen MR) is 69.0 cm³/mol. The van der Waals surface area contributed by atoms with Crippen molar-refractivity contribution in [1.82, 2.24) is 0 Å². The Morgan fingerprint density at radius 1 is 1.67 bits per heavy atom. The Morgan fingerprint density at radius 2 is 2.39 bits per heavy atom. The van der Waals surface area contributed by atoms with Crippen LogP contribution in [0.2, 0.25) is 0 Å². The summed E-state index contributed by atoms with van der Waals surface area (Å²) in [6.45, 7) is 7.27. The molecule has 0 aromatic carbocycles. The number of rotatable bonds is 6. The number of aryl methyl sites for hydroxylation is 1. The van der Waals surface area contributed by atoms with Gasteiger partial charge in [0.15, 0.2) is 0 Å². The second-order valence-electron chi connectivity index (χ2n) is 3.78. The summed E-state index contributed by atoms with van der Waals surface area (Å²) >= 11 is 0. The fourth-order valence-corrected chi connectivity index (χ4v) is 1.48. The molecular formula is C13H17NO4. The highest BCUT2D eigenvalue weighted by Gasteiger charge is 2.16. The standard InChI is InChI=1S/C13H17NO4/c1-4-6-10(14-17-7-5-2)12-11(15)8-9(3)18-13(12)16/h5,8,15H,2,4,6-7H2,1,3H3/b14-10-. The van der Waals surface area contributed by atoms with Crippen LogP contribution in [0.1, 0.15) is 31.1 Å². The fraction of sp³-hybridized carbons (Fsp3) is 0.385. The average molecular weight is 251 g/mol. The van der Waals surface area contributed by atoms with Gasteiger partial charge >= 0.3 is 5.63 Å². The molecule has 0 radical (unpaired) electrons. The van der Waals surface area contributed by atoms with Gasteiger partial charge in [-0.3, -0.25) is 0 Å². The number of nitrogens with zero attached hydrogens (tertiary/aromatic N) is 1. The van der Waals surface area contributed by atoms with E-state index in [0.717, 1.165) is 6.42 Å². The molecular weight excluding hydrogens is 234 g/mol. The van der Waals surface area contributed by atoms with E-state index in [0.29, 0.717) is 17.9 Å². The monoisotopic (exact) mass is 251 g/mol. The highest BCUT2D eigenvalue weighted by molar-refractivity contribution is 6.01. The molecule has 1 aromatic rings. The maximum absolute atomic E-state index is 11.7. The minimum Gasteiger partial charge on any atom is -0.507 e. The van der Waals surface area contributed by atoms with Crippen LogP contribution in [0.15, 0.2) is 33.1 Å². The van der Waals surface area contributed by atoms with Crippen LogP contribution in [0.3, 0.4) is 0 Å². The molecule has 0 bridgehead atoms. The van der Waals surface area contributed by atoms with Crippen LogP contribution < -0.4 is 5.63 Å². The summed E-state index contributed by atoms with van der Waals surface area (Å²) in [6, 6.07) is 1.38. The van der Waals surface area contributed by atoms with Crippen molar-refractivity contribution < 1.29 is 14.4 Å². The highest BCUT2D eigenvalue weighted by atomic mass is 16.6. The van der Waals surface area contributed by atoms with Crippen molar-refractivity contribution in [1.29, 1.82) is 0 Å². The Kier molecular flexibility index (Phi) is 5.17. The van der Waals surface area contributed by atoms with Crippen LogP contribution in [0.25, 0.3) is 0 Å². The Labute approximate surface area is 105 Å². The van der Waals surface area contributed by atoms with Gasteiger partial charge in [-0.05, 0) is 13.3 Å². The molecule has 1 rings (SSSR count). The van der Waals surface area contributed by atoms with Gasteiger partial charge in [-0.15, -0.1) is 0 Å². The molecule has 0 spiro atoms. The number of oxime groups is 1. The summed E-state index contributed by atoms with van der Waals surface area (Å²) in [7, 11) is 0. The van der Waals surface area contributed by atoms with Crippen molar-refractivity contribution >= 4 is 5.71 Å². The highest BCUT2D eigenvalue weighted by Crippen LogP contribution is 2.17. The molecule has 0 aliphatic rings. The molecule has 0 atom stereocenters. The van der Waals surface area contributed by atoms with Gasteiger partial charge in [-0.2, -0.15) is 0 Å². The molecule has 5 nitrogen and oxygen atoms in total. The van der Waals surface area contributed by atoms with Gasteiger partial charge < -0.3 is 14.4 Å². The van der Waals surface area contributed by atoms with E-state index in [2.05, 4.69) is 11.7 Å². The molecule has 98 valence electrons. The van der Waals surface area contributed by atoms with E-state index >= 15 is 0 Å². The molecule has 0 amide bonds. The summed E-state index contributed by atoms with van der Waals surface area (Å²) < 4.78 is 4.95. The molecule has 0 aliphatic heterocycles. The summed E-state index contributed by atoms with van der Waals surface area (Å²) in [5.74, 6) is 0.210. The Morgan fingerprint density at radius 3 is 2.94 bits per heavy atom. The van der Waals surface area contributed by atoms with Crippen molar-refractivity contribution in [3.63, 3.8) is 0 Å². The van der Waals surface area contributed by atoms with E-state index in [9.17, 15) is 9.90 Å². The molecule has 0 saturated carbocycles. The van der Waals surface area contributed by atoms with Gasteiger partial charge in [-0.1, -0.05) is 31.2 Å². The van der Waals surface area contributed by atoms with Crippen molar-refractivity contribution in [2.75, 3.05) is 6.61 Å². The average Bonchev–Trinajstić information content (AvgIpc) is 2.28. The molecule has 1 N–H and O–H groups in total. The zero-order valence-electron chi connectivity index (χ0n) is 10.6. The second kappa shape index (κ2) is 6.64. The van der Waals surface area contributed by atoms with Gasteiger partial charge in [0.25, 0.3) is 0 Å². The maximum atomic E-state index is 11.7. The van der Waals surface area contributed by atoms with Crippen LogP contribution in [-0.4, -0.2) is 17.4 Å². The molecule has 0 aliphatic carbocycles. The van der Waals surface area contributed by atoms with E-state index in [1.165, 1.54) is 6.07 Å². The van der Waals surface area contributed by atoms with Gasteiger partial charge in [0, 0.05) is 6.07 Å². The van der Waals surface area contributed by atoms with E-state index in [1.807, 2.05) is 6.92 Å². The number of hydrogen-bond acceptors (Lipinski definition) is 5. The zero-order chi connectivity index (χ0) is 13.5. The lowest BCUT2D eigenvalue weighted by Gasteiger charge is -2.06. The third-order valence-corrected chi connectivity index (χ3v) is 2.20. The Bertz CT molecular complexity index is 502. The van der Waals surface area contributed by atoms with Crippen molar-refractivity contribution in [3.8, 4) is 5.75 Å². The minimum atomic E-state index is -0.609. The normalized spacial score (nSPS) is 11.3. The van der Waals surface area contributed by atoms with E-state index in [-0.39, 0.29) is 17.9 Å². The van der Waals surface area contributed by atoms with Crippen LogP contribution in [0, 0.1) is 6.92 Å². The van der Waals surface area contributed by atoms with Gasteiger partial charge in [0.1, 0.15) is 23.7 Å². The zero-order valence-corrected chi connectivity index (χ0v) is 10.6. The number of hydrogen-bond donors (Lipinski definition) is 1. The lowest BCUT2D eigenvalue weighted by molar-refractivity contribution is 0.174. The van der Waals surface area contributed by atoms with E-state index in [4.69, 9.17) is 9.25 Å². The van der Waals surface area contributed by atoms with Crippen molar-refractivity contribution in [2.24, 2.45) is 5.16 Å². The Balaban J connectivity index is 3.17. The third-order valence-electron chi connectivity index (χ3n) is 2.20. The lowest BCUT2D eigenvalue weighted by atomic mass is 10.1. The first-order chi connectivity index (χ1) is 8.60. The molecule has 0 unspecified atom stereocenters. The van der Waals surface area contributed by atoms with Crippen LogP contribution in [0.4, 0.5) is 0 Å². The topological polar surface area (TPSA) is 72.0 Å². The largest absolute Gasteiger partial charge is 0.507 e. The van der Waals surface area contributed by atoms with Crippen LogP contribution in [-0.2, 0) is 4.84 Å². The van der Waals surface area contributed by atoms with Crippen molar-refractivity contribution in [2.45, 2.75) is 26.7 Å². The molecule has 1 aromatic heterocycles. The van der Waals surface area contributed by atoms with Crippen LogP contribution >= 0.6 is 0 Å². The SMILES string of the molecule is C=CCO/N=C(/CCC)c1c(O)cc(C)oc1=O. The summed E-state index contributed by atoms with van der Waals surface area (Å²) in [5.41, 5.74) is -0.168. The van der Waals surface area contributed by atoms with Gasteiger partial charge in [0.05, 0.1) is 5.71 Å². The van der Waals surface area contributed by atoms with Crippen molar-refractivity contribution in [3.05, 3.63) is 40.5 Å². The fourth-order valence-electron chi connectivity index (χ4n) is 1.48. The Hall–Kier alpha value is -2.04. The van der Waals surface area contributed by atoms with Gasteiger partial charge in [-0.25, -0.2) is 4.79 Å². The smallest absolute Gasteiger partial charge is 0.349 e. The molecule has 0 saturated heterocycles. The molecule has 1 heterocycles. The third kappa shape index (κ3) is 3.48. The summed E-state index contributed by atoms with van der Waals surface area (Å²) in [4.78, 5) is 16.7. The maximum Gasteiger partial charge on any atom is 0.349 e. The first-order valence-electron chi connectivity index (χ1n) is 5.74. The van der Waals surface area contributed by atoms with Gasteiger partial charge in [0.2, 0.25) is 0 Å². The molecule has 0 fully saturated rings. The first-order valence-corrected chi connectivity index (χ1v) is 5.74.